The number of hydrogen-bond donors (Lipinski definition) is 3. The maximum absolute atomic E-state index is 12.3. The molecule has 2 aromatic carbocycles. The molecule has 0 saturated carbocycles. The zero-order chi connectivity index (χ0) is 22.1. The lowest BCUT2D eigenvalue weighted by Crippen LogP contribution is -2.49. The summed E-state index contributed by atoms with van der Waals surface area (Å²) in [5.74, 6) is 0.242. The zero-order valence-corrected chi connectivity index (χ0v) is 18.6. The summed E-state index contributed by atoms with van der Waals surface area (Å²) in [4.78, 5) is 24.2. The second-order valence-electron chi connectivity index (χ2n) is 6.49. The van der Waals surface area contributed by atoms with Crippen LogP contribution in [0.25, 0.3) is 0 Å². The van der Waals surface area contributed by atoms with E-state index in [4.69, 9.17) is 33.3 Å². The highest BCUT2D eigenvalue weighted by atomic mass is 35.5. The number of halogens is 1. The van der Waals surface area contributed by atoms with E-state index in [-0.39, 0.29) is 11.7 Å². The highest BCUT2D eigenvalue weighted by Crippen LogP contribution is 2.25. The molecule has 0 aliphatic rings. The van der Waals surface area contributed by atoms with Crippen LogP contribution in [0.1, 0.15) is 34.8 Å². The minimum Gasteiger partial charge on any atom is -0.494 e. The SMILES string of the molecule is CCCOc1cccc(C(=O)NC(=S)NNC(=O)COc2cc(C)c(Cl)c(C)c2)c1. The van der Waals surface area contributed by atoms with E-state index in [2.05, 4.69) is 16.2 Å². The van der Waals surface area contributed by atoms with Gasteiger partial charge in [0.2, 0.25) is 0 Å². The van der Waals surface area contributed by atoms with Gasteiger partial charge in [-0.3, -0.25) is 25.8 Å². The molecule has 3 N–H and O–H groups in total. The molecule has 160 valence electrons. The lowest BCUT2D eigenvalue weighted by Gasteiger charge is -2.13. The van der Waals surface area contributed by atoms with Gasteiger partial charge in [0, 0.05) is 10.6 Å². The minimum atomic E-state index is -0.466. The molecule has 2 aromatic rings. The van der Waals surface area contributed by atoms with Crippen molar-refractivity contribution >= 4 is 40.7 Å². The molecule has 0 aromatic heterocycles. The number of thiocarbonyl (C=S) groups is 1. The molecule has 0 fully saturated rings. The molecule has 0 bridgehead atoms. The van der Waals surface area contributed by atoms with Crippen LogP contribution < -0.4 is 25.6 Å². The van der Waals surface area contributed by atoms with E-state index in [9.17, 15) is 9.59 Å². The van der Waals surface area contributed by atoms with Crippen LogP contribution in [0.5, 0.6) is 11.5 Å². The molecule has 0 atom stereocenters. The second kappa shape index (κ2) is 11.4. The van der Waals surface area contributed by atoms with Crippen LogP contribution in [0.2, 0.25) is 5.02 Å². The predicted octanol–water partition coefficient (Wildman–Crippen LogP) is 3.46. The molecule has 30 heavy (non-hydrogen) atoms. The largest absolute Gasteiger partial charge is 0.494 e. The summed E-state index contributed by atoms with van der Waals surface area (Å²) in [7, 11) is 0. The Morgan fingerprint density at radius 1 is 1.03 bits per heavy atom. The molecule has 0 unspecified atom stereocenters. The first kappa shape index (κ1) is 23.4. The van der Waals surface area contributed by atoms with E-state index in [1.54, 1.807) is 36.4 Å². The molecule has 2 amide bonds. The maximum atomic E-state index is 12.3. The number of amides is 2. The Morgan fingerprint density at radius 2 is 1.73 bits per heavy atom. The first-order valence-corrected chi connectivity index (χ1v) is 10.1. The van der Waals surface area contributed by atoms with E-state index in [1.165, 1.54) is 0 Å². The summed E-state index contributed by atoms with van der Waals surface area (Å²) in [5.41, 5.74) is 6.94. The van der Waals surface area contributed by atoms with Crippen LogP contribution in [0, 0.1) is 13.8 Å². The van der Waals surface area contributed by atoms with Crippen molar-refractivity contribution in [2.45, 2.75) is 27.2 Å². The molecule has 0 saturated heterocycles. The average Bonchev–Trinajstić information content (AvgIpc) is 2.73. The molecule has 0 heterocycles. The van der Waals surface area contributed by atoms with Gasteiger partial charge in [-0.2, -0.15) is 0 Å². The molecule has 0 spiro atoms. The van der Waals surface area contributed by atoms with Crippen molar-refractivity contribution in [3.05, 3.63) is 58.1 Å². The topological polar surface area (TPSA) is 88.7 Å². The number of rotatable bonds is 7. The van der Waals surface area contributed by atoms with Crippen molar-refractivity contribution in [2.75, 3.05) is 13.2 Å². The Hall–Kier alpha value is -2.84. The fraction of sp³-hybridized carbons (Fsp3) is 0.286. The number of aryl methyl sites for hydroxylation is 2. The van der Waals surface area contributed by atoms with Gasteiger partial charge >= 0.3 is 0 Å². The van der Waals surface area contributed by atoms with Crippen LogP contribution in [-0.4, -0.2) is 30.1 Å². The van der Waals surface area contributed by atoms with E-state index >= 15 is 0 Å². The fourth-order valence-electron chi connectivity index (χ4n) is 2.45. The van der Waals surface area contributed by atoms with Crippen molar-refractivity contribution in [1.82, 2.24) is 16.2 Å². The predicted molar refractivity (Wildman–Crippen MR) is 120 cm³/mol. The van der Waals surface area contributed by atoms with Crippen molar-refractivity contribution in [1.29, 1.82) is 0 Å². The van der Waals surface area contributed by atoms with Crippen molar-refractivity contribution in [3.63, 3.8) is 0 Å². The van der Waals surface area contributed by atoms with Gasteiger partial charge in [-0.05, 0) is 73.9 Å². The Bertz CT molecular complexity index is 913. The number of benzene rings is 2. The first-order chi connectivity index (χ1) is 14.3. The summed E-state index contributed by atoms with van der Waals surface area (Å²) < 4.78 is 11.0. The Morgan fingerprint density at radius 3 is 2.40 bits per heavy atom. The summed E-state index contributed by atoms with van der Waals surface area (Å²) in [6.45, 7) is 6.04. The smallest absolute Gasteiger partial charge is 0.276 e. The fourth-order valence-corrected chi connectivity index (χ4v) is 2.71. The third-order valence-electron chi connectivity index (χ3n) is 3.89. The minimum absolute atomic E-state index is 0.0496. The van der Waals surface area contributed by atoms with Gasteiger partial charge in [0.1, 0.15) is 11.5 Å². The highest BCUT2D eigenvalue weighted by molar-refractivity contribution is 7.80. The number of hydrazine groups is 1. The maximum Gasteiger partial charge on any atom is 0.276 e. The average molecular weight is 450 g/mol. The Labute approximate surface area is 186 Å². The van der Waals surface area contributed by atoms with Gasteiger partial charge in [-0.15, -0.1) is 0 Å². The summed E-state index contributed by atoms with van der Waals surface area (Å²) in [6.07, 6.45) is 0.866. The number of carbonyl (C=O) groups excluding carboxylic acids is 2. The lowest BCUT2D eigenvalue weighted by atomic mass is 10.1. The third-order valence-corrected chi connectivity index (χ3v) is 4.69. The number of nitrogens with one attached hydrogen (secondary N) is 3. The lowest BCUT2D eigenvalue weighted by molar-refractivity contribution is -0.123. The molecule has 0 aliphatic carbocycles. The van der Waals surface area contributed by atoms with Crippen LogP contribution >= 0.6 is 23.8 Å². The quantitative estimate of drug-likeness (QED) is 0.443. The molecule has 0 radical (unpaired) electrons. The number of carbonyl (C=O) groups is 2. The summed E-state index contributed by atoms with van der Waals surface area (Å²) >= 11 is 11.1. The molecular weight excluding hydrogens is 426 g/mol. The summed E-state index contributed by atoms with van der Waals surface area (Å²) in [5, 5.41) is 3.10. The standard InChI is InChI=1S/C21H24ClN3O4S/c1-4-8-28-16-7-5-6-15(11-16)20(27)23-21(30)25-24-18(26)12-29-17-9-13(2)19(22)14(3)10-17/h5-7,9-11H,4,8,12H2,1-3H3,(H,24,26)(H2,23,25,27,30). The van der Waals surface area contributed by atoms with Crippen LogP contribution in [0.3, 0.4) is 0 Å². The molecular formula is C21H24ClN3O4S. The number of ether oxygens (including phenoxy) is 2. The highest BCUT2D eigenvalue weighted by Gasteiger charge is 2.10. The third kappa shape index (κ3) is 7.20. The molecule has 0 aliphatic heterocycles. The molecule has 9 heteroatoms. The van der Waals surface area contributed by atoms with Crippen molar-refractivity contribution in [2.24, 2.45) is 0 Å². The van der Waals surface area contributed by atoms with Crippen molar-refractivity contribution < 1.29 is 19.1 Å². The van der Waals surface area contributed by atoms with Gasteiger partial charge in [0.15, 0.2) is 11.7 Å². The van der Waals surface area contributed by atoms with Gasteiger partial charge in [0.25, 0.3) is 11.8 Å². The molecule has 2 rings (SSSR count). The molecule has 7 nitrogen and oxygen atoms in total. The zero-order valence-electron chi connectivity index (χ0n) is 17.0. The van der Waals surface area contributed by atoms with Crippen LogP contribution in [0.15, 0.2) is 36.4 Å². The summed E-state index contributed by atoms with van der Waals surface area (Å²) in [6, 6.07) is 10.2. The van der Waals surface area contributed by atoms with Gasteiger partial charge < -0.3 is 9.47 Å². The van der Waals surface area contributed by atoms with Crippen molar-refractivity contribution in [3.8, 4) is 11.5 Å². The van der Waals surface area contributed by atoms with Gasteiger partial charge in [0.05, 0.1) is 6.61 Å². The van der Waals surface area contributed by atoms with Crippen LogP contribution in [-0.2, 0) is 4.79 Å². The second-order valence-corrected chi connectivity index (χ2v) is 7.28. The number of hydrogen-bond acceptors (Lipinski definition) is 5. The Kier molecular flexibility index (Phi) is 8.89. The normalized spacial score (nSPS) is 10.1. The van der Waals surface area contributed by atoms with Crippen LogP contribution in [0.4, 0.5) is 0 Å². The van der Waals surface area contributed by atoms with Gasteiger partial charge in [-0.1, -0.05) is 24.6 Å². The van der Waals surface area contributed by atoms with Gasteiger partial charge in [-0.25, -0.2) is 0 Å². The Balaban J connectivity index is 1.78. The van der Waals surface area contributed by atoms with E-state index in [0.29, 0.717) is 28.7 Å². The van der Waals surface area contributed by atoms with E-state index in [1.807, 2.05) is 20.8 Å². The first-order valence-electron chi connectivity index (χ1n) is 9.32. The van der Waals surface area contributed by atoms with E-state index < -0.39 is 11.8 Å². The monoisotopic (exact) mass is 449 g/mol. The van der Waals surface area contributed by atoms with E-state index in [0.717, 1.165) is 17.5 Å².